The van der Waals surface area contributed by atoms with Crippen molar-refractivity contribution in [1.29, 1.82) is 0 Å². The van der Waals surface area contributed by atoms with Crippen molar-refractivity contribution in [2.24, 2.45) is 0 Å². The zero-order chi connectivity index (χ0) is 20.8. The van der Waals surface area contributed by atoms with Crippen LogP contribution in [-0.4, -0.2) is 13.0 Å². The molecule has 0 aliphatic heterocycles. The van der Waals surface area contributed by atoms with Crippen LogP contribution in [0, 0.1) is 6.92 Å². The van der Waals surface area contributed by atoms with Gasteiger partial charge in [-0.2, -0.15) is 0 Å². The molecule has 1 aliphatic rings. The molecule has 0 radical (unpaired) electrons. The average Bonchev–Trinajstić information content (AvgIpc) is 2.94. The highest BCUT2D eigenvalue weighted by molar-refractivity contribution is 5.84. The van der Waals surface area contributed by atoms with E-state index >= 15 is 0 Å². The minimum absolute atomic E-state index is 0.163. The third kappa shape index (κ3) is 3.31. The largest absolute Gasteiger partial charge is 0.427 e. The summed E-state index contributed by atoms with van der Waals surface area (Å²) >= 11 is 0. The fourth-order valence-corrected chi connectivity index (χ4v) is 4.10. The molecule has 0 saturated carbocycles. The molecule has 4 rings (SSSR count). The molecule has 0 atom stereocenters. The molecule has 0 saturated heterocycles. The van der Waals surface area contributed by atoms with Crippen LogP contribution < -0.4 is 9.64 Å². The molecule has 0 amide bonds. The summed E-state index contributed by atoms with van der Waals surface area (Å²) in [6, 6.07) is 21.2. The monoisotopic (exact) mass is 385 g/mol. The maximum absolute atomic E-state index is 11.7. The van der Waals surface area contributed by atoms with Gasteiger partial charge in [0.2, 0.25) is 0 Å². The van der Waals surface area contributed by atoms with Crippen molar-refractivity contribution in [3.05, 3.63) is 77.4 Å². The average molecular weight is 386 g/mol. The molecule has 0 fully saturated rings. The number of hydrogen-bond acceptors (Lipinski definition) is 3. The first kappa shape index (κ1) is 19.3. The van der Waals surface area contributed by atoms with Crippen LogP contribution in [0.5, 0.6) is 5.75 Å². The minimum atomic E-state index is -0.208. The predicted octanol–water partition coefficient (Wildman–Crippen LogP) is 6.38. The summed E-state index contributed by atoms with van der Waals surface area (Å²) in [5.74, 6) is 0.411. The zero-order valence-electron chi connectivity index (χ0n) is 17.7. The maximum Gasteiger partial charge on any atom is 0.310 e. The van der Waals surface area contributed by atoms with Crippen LogP contribution >= 0.6 is 0 Å². The molecular weight excluding hydrogens is 358 g/mol. The van der Waals surface area contributed by atoms with Gasteiger partial charge in [0.15, 0.2) is 0 Å². The number of ether oxygens (including phenoxy) is 1. The summed E-state index contributed by atoms with van der Waals surface area (Å²) < 4.78 is 5.46. The summed E-state index contributed by atoms with van der Waals surface area (Å²) in [5, 5.41) is 0. The Labute approximate surface area is 172 Å². The quantitative estimate of drug-likeness (QED) is 0.385. The van der Waals surface area contributed by atoms with Gasteiger partial charge in [0, 0.05) is 30.3 Å². The van der Waals surface area contributed by atoms with Crippen LogP contribution in [0.3, 0.4) is 0 Å². The fourth-order valence-electron chi connectivity index (χ4n) is 4.10. The van der Waals surface area contributed by atoms with Crippen molar-refractivity contribution in [2.45, 2.75) is 39.5 Å². The molecule has 0 spiro atoms. The van der Waals surface area contributed by atoms with E-state index in [1.807, 2.05) is 19.1 Å². The lowest BCUT2D eigenvalue weighted by Gasteiger charge is -2.25. The molecular formula is C26H27NO2. The van der Waals surface area contributed by atoms with Gasteiger partial charge in [0.05, 0.1) is 0 Å². The Kier molecular flexibility index (Phi) is 4.70. The second-order valence-corrected chi connectivity index (χ2v) is 8.28. The van der Waals surface area contributed by atoms with E-state index in [4.69, 9.17) is 4.74 Å². The van der Waals surface area contributed by atoms with E-state index in [9.17, 15) is 4.79 Å². The molecule has 1 aliphatic carbocycles. The van der Waals surface area contributed by atoms with Crippen molar-refractivity contribution in [1.82, 2.24) is 0 Å². The number of esters is 1. The van der Waals surface area contributed by atoms with Crippen molar-refractivity contribution in [2.75, 3.05) is 11.9 Å². The lowest BCUT2D eigenvalue weighted by Crippen LogP contribution is -2.17. The molecule has 0 bridgehead atoms. The van der Waals surface area contributed by atoms with Gasteiger partial charge in [-0.3, -0.25) is 4.79 Å². The third-order valence-corrected chi connectivity index (χ3v) is 5.96. The number of aryl methyl sites for hydroxylation is 1. The van der Waals surface area contributed by atoms with Gasteiger partial charge in [0.25, 0.3) is 0 Å². The highest BCUT2D eigenvalue weighted by atomic mass is 16.5. The van der Waals surface area contributed by atoms with E-state index < -0.39 is 0 Å². The first-order valence-electron chi connectivity index (χ1n) is 10.1. The standard InChI is InChI=1S/C26H27NO2/c1-6-25(28)29-20-12-14-22-21-13-11-19(15-23(21)26(3,4)24(22)16-20)27(5)18-9-7-17(2)8-10-18/h7-16H,6H2,1-5H3. The van der Waals surface area contributed by atoms with Gasteiger partial charge in [-0.25, -0.2) is 0 Å². The van der Waals surface area contributed by atoms with Crippen LogP contribution in [0.25, 0.3) is 11.1 Å². The Hall–Kier alpha value is -3.07. The van der Waals surface area contributed by atoms with Crippen LogP contribution in [0.4, 0.5) is 11.4 Å². The molecule has 3 aromatic rings. The van der Waals surface area contributed by atoms with Crippen LogP contribution in [-0.2, 0) is 10.2 Å². The Bertz CT molecular complexity index is 1080. The van der Waals surface area contributed by atoms with Crippen molar-refractivity contribution < 1.29 is 9.53 Å². The normalized spacial score (nSPS) is 13.6. The van der Waals surface area contributed by atoms with Crippen molar-refractivity contribution in [3.63, 3.8) is 0 Å². The van der Waals surface area contributed by atoms with Crippen LogP contribution in [0.2, 0.25) is 0 Å². The highest BCUT2D eigenvalue weighted by Gasteiger charge is 2.36. The van der Waals surface area contributed by atoms with Gasteiger partial charge < -0.3 is 9.64 Å². The first-order valence-corrected chi connectivity index (χ1v) is 10.1. The lowest BCUT2D eigenvalue weighted by atomic mass is 9.82. The number of rotatable bonds is 4. The summed E-state index contributed by atoms with van der Waals surface area (Å²) in [6.45, 7) is 8.38. The van der Waals surface area contributed by atoms with E-state index in [1.54, 1.807) is 0 Å². The Balaban J connectivity index is 1.72. The predicted molar refractivity (Wildman–Crippen MR) is 119 cm³/mol. The molecule has 29 heavy (non-hydrogen) atoms. The van der Waals surface area contributed by atoms with E-state index in [-0.39, 0.29) is 11.4 Å². The van der Waals surface area contributed by atoms with Gasteiger partial charge in [-0.15, -0.1) is 0 Å². The van der Waals surface area contributed by atoms with Crippen LogP contribution in [0.15, 0.2) is 60.7 Å². The molecule has 0 unspecified atom stereocenters. The van der Waals surface area contributed by atoms with E-state index in [1.165, 1.54) is 27.8 Å². The molecule has 0 N–H and O–H groups in total. The molecule has 0 heterocycles. The number of fused-ring (bicyclic) bond motifs is 3. The number of carbonyl (C=O) groups excluding carboxylic acids is 1. The van der Waals surface area contributed by atoms with Crippen molar-refractivity contribution in [3.8, 4) is 16.9 Å². The highest BCUT2D eigenvalue weighted by Crippen LogP contribution is 2.50. The van der Waals surface area contributed by atoms with E-state index in [2.05, 4.69) is 81.2 Å². The minimum Gasteiger partial charge on any atom is -0.427 e. The SMILES string of the molecule is CCC(=O)Oc1ccc2c(c1)C(C)(C)c1cc(N(C)c3ccc(C)cc3)ccc1-2. The lowest BCUT2D eigenvalue weighted by molar-refractivity contribution is -0.134. The Morgan fingerprint density at radius 1 is 0.897 bits per heavy atom. The Morgan fingerprint density at radius 2 is 1.48 bits per heavy atom. The number of anilines is 2. The topological polar surface area (TPSA) is 29.5 Å². The summed E-state index contributed by atoms with van der Waals surface area (Å²) in [4.78, 5) is 13.9. The third-order valence-electron chi connectivity index (χ3n) is 5.96. The molecule has 3 nitrogen and oxygen atoms in total. The van der Waals surface area contributed by atoms with Gasteiger partial charge in [0.1, 0.15) is 5.75 Å². The molecule has 0 aromatic heterocycles. The number of hydrogen-bond donors (Lipinski definition) is 0. The zero-order valence-corrected chi connectivity index (χ0v) is 17.7. The smallest absolute Gasteiger partial charge is 0.310 e. The number of benzene rings is 3. The first-order chi connectivity index (χ1) is 13.8. The second kappa shape index (κ2) is 7.07. The van der Waals surface area contributed by atoms with Gasteiger partial charge >= 0.3 is 5.97 Å². The van der Waals surface area contributed by atoms with E-state index in [0.29, 0.717) is 12.2 Å². The van der Waals surface area contributed by atoms with Gasteiger partial charge in [-0.05, 0) is 65.6 Å². The summed E-state index contributed by atoms with van der Waals surface area (Å²) in [6.07, 6.45) is 0.370. The summed E-state index contributed by atoms with van der Waals surface area (Å²) in [5.41, 5.74) is 8.37. The number of nitrogens with zero attached hydrogens (tertiary/aromatic N) is 1. The second-order valence-electron chi connectivity index (χ2n) is 8.28. The summed E-state index contributed by atoms with van der Waals surface area (Å²) in [7, 11) is 2.10. The molecule has 3 aromatic carbocycles. The fraction of sp³-hybridized carbons (Fsp3) is 0.269. The Morgan fingerprint density at radius 3 is 2.14 bits per heavy atom. The van der Waals surface area contributed by atoms with Gasteiger partial charge in [-0.1, -0.05) is 50.6 Å². The van der Waals surface area contributed by atoms with Crippen molar-refractivity contribution >= 4 is 17.3 Å². The molecule has 3 heteroatoms. The molecule has 148 valence electrons. The van der Waals surface area contributed by atoms with E-state index in [0.717, 1.165) is 11.4 Å². The maximum atomic E-state index is 11.7. The van der Waals surface area contributed by atoms with Crippen LogP contribution in [0.1, 0.15) is 43.9 Å². The number of carbonyl (C=O) groups is 1.